The van der Waals surface area contributed by atoms with Gasteiger partial charge in [-0.3, -0.25) is 9.10 Å². The lowest BCUT2D eigenvalue weighted by Crippen LogP contribution is -2.42. The third-order valence-corrected chi connectivity index (χ3v) is 8.64. The highest BCUT2D eigenvalue weighted by Crippen LogP contribution is 2.38. The summed E-state index contributed by atoms with van der Waals surface area (Å²) in [7, 11) is 3.11. The average molecular weight is 571 g/mol. The quantitative estimate of drug-likeness (QED) is 0.367. The van der Waals surface area contributed by atoms with Crippen molar-refractivity contribution in [2.45, 2.75) is 30.2 Å². The molecule has 0 saturated heterocycles. The Hall–Kier alpha value is -4.12. The van der Waals surface area contributed by atoms with Gasteiger partial charge >= 0.3 is 0 Å². The van der Waals surface area contributed by atoms with E-state index in [2.05, 4.69) is 5.32 Å². The number of nitrogens with zero attached hydrogens (tertiary/aromatic N) is 1. The first-order valence-corrected chi connectivity index (χ1v) is 14.1. The van der Waals surface area contributed by atoms with Crippen molar-refractivity contribution >= 4 is 21.6 Å². The summed E-state index contributed by atoms with van der Waals surface area (Å²) >= 11 is 0. The zero-order valence-corrected chi connectivity index (χ0v) is 24.0. The van der Waals surface area contributed by atoms with Gasteiger partial charge in [-0.2, -0.15) is 0 Å². The van der Waals surface area contributed by atoms with Crippen LogP contribution >= 0.6 is 0 Å². The van der Waals surface area contributed by atoms with Crippen LogP contribution in [0, 0.1) is 0 Å². The van der Waals surface area contributed by atoms with Crippen molar-refractivity contribution in [1.82, 2.24) is 5.32 Å². The van der Waals surface area contributed by atoms with Crippen LogP contribution in [-0.2, 0) is 21.2 Å². The van der Waals surface area contributed by atoms with Crippen LogP contribution in [-0.4, -0.2) is 56.4 Å². The lowest BCUT2D eigenvalue weighted by Gasteiger charge is -2.29. The molecule has 0 bridgehead atoms. The van der Waals surface area contributed by atoms with Crippen molar-refractivity contribution < 1.29 is 36.9 Å². The van der Waals surface area contributed by atoms with E-state index in [9.17, 15) is 13.2 Å². The number of nitrogens with one attached hydrogen (secondary N) is 1. The van der Waals surface area contributed by atoms with Crippen molar-refractivity contribution in [1.29, 1.82) is 0 Å². The number of fused-ring (bicyclic) bond motifs is 1. The van der Waals surface area contributed by atoms with Crippen molar-refractivity contribution in [3.8, 4) is 28.7 Å². The Labute approximate surface area is 234 Å². The van der Waals surface area contributed by atoms with Crippen LogP contribution < -0.4 is 33.3 Å². The number of benzene rings is 3. The molecule has 40 heavy (non-hydrogen) atoms. The number of carbonyl (C=O) groups is 1. The minimum absolute atomic E-state index is 0.0853. The molecule has 10 nitrogen and oxygen atoms in total. The number of amides is 1. The van der Waals surface area contributed by atoms with Crippen LogP contribution in [0.3, 0.4) is 0 Å². The molecule has 0 aliphatic heterocycles. The summed E-state index contributed by atoms with van der Waals surface area (Å²) in [6, 6.07) is 14.5. The maximum absolute atomic E-state index is 14.1. The van der Waals surface area contributed by atoms with Crippen LogP contribution in [0.1, 0.15) is 30.0 Å². The molecule has 11 heteroatoms. The smallest absolute Gasteiger partial charge is 0.265 e. The third kappa shape index (κ3) is 5.89. The van der Waals surface area contributed by atoms with Gasteiger partial charge in [0.05, 0.1) is 52.2 Å². The Kier molecular flexibility index (Phi) is 8.93. The number of anilines is 1. The van der Waals surface area contributed by atoms with Crippen molar-refractivity contribution in [3.63, 3.8) is 0 Å². The van der Waals surface area contributed by atoms with E-state index in [-0.39, 0.29) is 28.1 Å². The van der Waals surface area contributed by atoms with Gasteiger partial charge in [-0.05, 0) is 66.8 Å². The molecule has 1 N–H and O–H groups in total. The predicted molar refractivity (Wildman–Crippen MR) is 150 cm³/mol. The first kappa shape index (κ1) is 28.9. The van der Waals surface area contributed by atoms with E-state index in [1.54, 1.807) is 19.2 Å². The van der Waals surface area contributed by atoms with E-state index in [1.165, 1.54) is 52.7 Å². The molecule has 3 aromatic rings. The molecular weight excluding hydrogens is 536 g/mol. The van der Waals surface area contributed by atoms with Gasteiger partial charge in [-0.1, -0.05) is 6.07 Å². The molecule has 1 unspecified atom stereocenters. The number of carbonyl (C=O) groups excluding carboxylic acids is 1. The summed E-state index contributed by atoms with van der Waals surface area (Å²) in [5, 5.41) is 3.04. The van der Waals surface area contributed by atoms with Gasteiger partial charge in [0.15, 0.2) is 11.5 Å². The van der Waals surface area contributed by atoms with E-state index in [4.69, 9.17) is 23.7 Å². The van der Waals surface area contributed by atoms with E-state index in [1.807, 2.05) is 18.2 Å². The molecule has 1 amide bonds. The number of sulfonamides is 1. The molecule has 0 heterocycles. The lowest BCUT2D eigenvalue weighted by atomic mass is 9.87. The normalized spacial score (nSPS) is 14.5. The van der Waals surface area contributed by atoms with E-state index >= 15 is 0 Å². The molecule has 0 radical (unpaired) electrons. The van der Waals surface area contributed by atoms with Gasteiger partial charge in [-0.15, -0.1) is 0 Å². The number of ether oxygens (including phenoxy) is 5. The maximum atomic E-state index is 14.1. The lowest BCUT2D eigenvalue weighted by molar-refractivity contribution is -0.120. The second-order valence-corrected chi connectivity index (χ2v) is 11.0. The second-order valence-electron chi connectivity index (χ2n) is 9.14. The molecule has 0 spiro atoms. The first-order chi connectivity index (χ1) is 19.2. The highest BCUT2D eigenvalue weighted by molar-refractivity contribution is 7.92. The van der Waals surface area contributed by atoms with Crippen molar-refractivity contribution in [3.05, 3.63) is 65.7 Å². The van der Waals surface area contributed by atoms with Gasteiger partial charge in [0, 0.05) is 12.1 Å². The standard InChI is InChI=1S/C29H34N2O8S/c1-35-20-9-12-23-19(15-20)7-6-8-24(23)30-29(32)18-31(25-16-21(36-2)10-13-26(25)37-3)40(33,34)22-11-14-27(38-4)28(17-22)39-5/h9-17,24H,6-8,18H2,1-5H3,(H,30,32). The summed E-state index contributed by atoms with van der Waals surface area (Å²) in [4.78, 5) is 13.4. The monoisotopic (exact) mass is 570 g/mol. The maximum Gasteiger partial charge on any atom is 0.265 e. The molecular formula is C29H34N2O8S. The second kappa shape index (κ2) is 12.4. The van der Waals surface area contributed by atoms with Gasteiger partial charge in [0.1, 0.15) is 23.8 Å². The molecule has 214 valence electrons. The molecule has 1 aliphatic carbocycles. The third-order valence-electron chi connectivity index (χ3n) is 6.88. The van der Waals surface area contributed by atoms with Crippen LogP contribution in [0.5, 0.6) is 28.7 Å². The van der Waals surface area contributed by atoms with Crippen molar-refractivity contribution in [2.24, 2.45) is 0 Å². The van der Waals surface area contributed by atoms with Gasteiger partial charge in [0.2, 0.25) is 5.91 Å². The van der Waals surface area contributed by atoms with E-state index in [0.29, 0.717) is 11.5 Å². The number of methoxy groups -OCH3 is 5. The molecule has 4 rings (SSSR count). The molecule has 0 aromatic heterocycles. The fourth-order valence-corrected chi connectivity index (χ4v) is 6.27. The Morgan fingerprint density at radius 2 is 1.48 bits per heavy atom. The average Bonchev–Trinajstić information content (AvgIpc) is 2.98. The van der Waals surface area contributed by atoms with Crippen LogP contribution in [0.15, 0.2) is 59.5 Å². The molecule has 3 aromatic carbocycles. The van der Waals surface area contributed by atoms with Crippen LogP contribution in [0.2, 0.25) is 0 Å². The zero-order chi connectivity index (χ0) is 28.9. The van der Waals surface area contributed by atoms with Gasteiger partial charge in [-0.25, -0.2) is 8.42 Å². The molecule has 1 aliphatic rings. The summed E-state index contributed by atoms with van der Waals surface area (Å²) in [5.41, 5.74) is 2.24. The number of hydrogen-bond donors (Lipinski definition) is 1. The highest BCUT2D eigenvalue weighted by atomic mass is 32.2. The Balaban J connectivity index is 1.72. The largest absolute Gasteiger partial charge is 0.497 e. The fraction of sp³-hybridized carbons (Fsp3) is 0.345. The predicted octanol–water partition coefficient (Wildman–Crippen LogP) is 4.12. The topological polar surface area (TPSA) is 113 Å². The number of rotatable bonds is 11. The van der Waals surface area contributed by atoms with Gasteiger partial charge in [0.25, 0.3) is 10.0 Å². The number of hydrogen-bond acceptors (Lipinski definition) is 8. The Bertz CT molecular complexity index is 1470. The van der Waals surface area contributed by atoms with Gasteiger partial charge < -0.3 is 29.0 Å². The SMILES string of the molecule is COc1ccc2c(c1)CCCC2NC(=O)CN(c1cc(OC)ccc1OC)S(=O)(=O)c1ccc(OC)c(OC)c1. The summed E-state index contributed by atoms with van der Waals surface area (Å²) < 4.78 is 56.0. The molecule has 1 atom stereocenters. The van der Waals surface area contributed by atoms with E-state index in [0.717, 1.165) is 40.4 Å². The molecule has 0 fully saturated rings. The zero-order valence-electron chi connectivity index (χ0n) is 23.2. The highest BCUT2D eigenvalue weighted by Gasteiger charge is 2.32. The summed E-state index contributed by atoms with van der Waals surface area (Å²) in [6.45, 7) is -0.498. The molecule has 0 saturated carbocycles. The minimum Gasteiger partial charge on any atom is -0.497 e. The fourth-order valence-electron chi connectivity index (χ4n) is 4.83. The summed E-state index contributed by atoms with van der Waals surface area (Å²) in [6.07, 6.45) is 2.48. The Morgan fingerprint density at radius 1 is 0.825 bits per heavy atom. The van der Waals surface area contributed by atoms with Crippen LogP contribution in [0.25, 0.3) is 0 Å². The Morgan fingerprint density at radius 3 is 2.15 bits per heavy atom. The van der Waals surface area contributed by atoms with Crippen molar-refractivity contribution in [2.75, 3.05) is 46.4 Å². The van der Waals surface area contributed by atoms with Crippen LogP contribution in [0.4, 0.5) is 5.69 Å². The summed E-state index contributed by atoms with van der Waals surface area (Å²) in [5.74, 6) is 1.55. The first-order valence-electron chi connectivity index (χ1n) is 12.7. The van der Waals surface area contributed by atoms with E-state index < -0.39 is 22.5 Å². The minimum atomic E-state index is -4.29. The number of aryl methyl sites for hydroxylation is 1.